The number of benzene rings is 1. The van der Waals surface area contributed by atoms with Crippen molar-refractivity contribution in [1.29, 1.82) is 0 Å². The minimum absolute atomic E-state index is 0.00827. The number of carbonyl (C=O) groups is 1. The van der Waals surface area contributed by atoms with Gasteiger partial charge in [0.2, 0.25) is 5.91 Å². The van der Waals surface area contributed by atoms with Crippen molar-refractivity contribution in [1.82, 2.24) is 5.32 Å². The Kier molecular flexibility index (Phi) is 3.69. The summed E-state index contributed by atoms with van der Waals surface area (Å²) in [4.78, 5) is 22.4. The molecular formula is C13H17N3O3. The van der Waals surface area contributed by atoms with E-state index in [-0.39, 0.29) is 17.6 Å². The molecule has 1 aliphatic carbocycles. The number of hydrogen-bond donors (Lipinski definition) is 2. The number of amides is 1. The van der Waals surface area contributed by atoms with Gasteiger partial charge in [-0.3, -0.25) is 14.9 Å². The Morgan fingerprint density at radius 3 is 2.74 bits per heavy atom. The number of anilines is 1. The van der Waals surface area contributed by atoms with Crippen LogP contribution in [0.4, 0.5) is 11.4 Å². The lowest BCUT2D eigenvalue weighted by Gasteiger charge is -2.16. The lowest BCUT2D eigenvalue weighted by molar-refractivity contribution is -0.384. The second-order valence-corrected chi connectivity index (χ2v) is 4.88. The van der Waals surface area contributed by atoms with Crippen LogP contribution in [0.5, 0.6) is 0 Å². The van der Waals surface area contributed by atoms with E-state index in [0.717, 1.165) is 18.4 Å². The SMILES string of the molecule is Cc1cccc([N+](=O)[O-])c1NC(C)C(=O)NC1CC1. The van der Waals surface area contributed by atoms with Crippen LogP contribution in [0.2, 0.25) is 0 Å². The van der Waals surface area contributed by atoms with E-state index in [9.17, 15) is 14.9 Å². The highest BCUT2D eigenvalue weighted by atomic mass is 16.6. The Hall–Kier alpha value is -2.11. The van der Waals surface area contributed by atoms with Crippen LogP contribution in [-0.4, -0.2) is 22.9 Å². The molecule has 0 aromatic heterocycles. The molecule has 19 heavy (non-hydrogen) atoms. The van der Waals surface area contributed by atoms with Crippen molar-refractivity contribution in [3.63, 3.8) is 0 Å². The summed E-state index contributed by atoms with van der Waals surface area (Å²) in [5, 5.41) is 16.8. The highest BCUT2D eigenvalue weighted by Crippen LogP contribution is 2.28. The van der Waals surface area contributed by atoms with Gasteiger partial charge in [-0.2, -0.15) is 0 Å². The van der Waals surface area contributed by atoms with Gasteiger partial charge in [-0.15, -0.1) is 0 Å². The minimum Gasteiger partial charge on any atom is -0.368 e. The molecular weight excluding hydrogens is 246 g/mol. The summed E-state index contributed by atoms with van der Waals surface area (Å²) < 4.78 is 0. The zero-order chi connectivity index (χ0) is 14.0. The Labute approximate surface area is 111 Å². The summed E-state index contributed by atoms with van der Waals surface area (Å²) in [6.45, 7) is 3.48. The molecule has 2 N–H and O–H groups in total. The molecule has 6 heteroatoms. The molecule has 0 heterocycles. The summed E-state index contributed by atoms with van der Waals surface area (Å²) in [6, 6.07) is 4.62. The molecule has 1 aromatic rings. The number of carbonyl (C=O) groups excluding carboxylic acids is 1. The summed E-state index contributed by atoms with van der Waals surface area (Å²) in [5.41, 5.74) is 1.15. The molecule has 1 aliphatic rings. The van der Waals surface area contributed by atoms with Crippen molar-refractivity contribution in [2.45, 2.75) is 38.8 Å². The van der Waals surface area contributed by atoms with Gasteiger partial charge in [0, 0.05) is 12.1 Å². The number of nitrogens with zero attached hydrogens (tertiary/aromatic N) is 1. The third kappa shape index (κ3) is 3.21. The van der Waals surface area contributed by atoms with Gasteiger partial charge >= 0.3 is 0 Å². The average molecular weight is 263 g/mol. The highest BCUT2D eigenvalue weighted by Gasteiger charge is 2.26. The van der Waals surface area contributed by atoms with Gasteiger partial charge in [0.25, 0.3) is 5.69 Å². The van der Waals surface area contributed by atoms with Crippen molar-refractivity contribution in [3.05, 3.63) is 33.9 Å². The molecule has 0 saturated heterocycles. The third-order valence-corrected chi connectivity index (χ3v) is 3.13. The van der Waals surface area contributed by atoms with Crippen LogP contribution < -0.4 is 10.6 Å². The van der Waals surface area contributed by atoms with Crippen LogP contribution in [0.3, 0.4) is 0 Å². The molecule has 6 nitrogen and oxygen atoms in total. The Morgan fingerprint density at radius 1 is 1.47 bits per heavy atom. The summed E-state index contributed by atoms with van der Waals surface area (Å²) >= 11 is 0. The normalized spacial score (nSPS) is 15.7. The molecule has 102 valence electrons. The van der Waals surface area contributed by atoms with E-state index >= 15 is 0 Å². The largest absolute Gasteiger partial charge is 0.368 e. The van der Waals surface area contributed by atoms with Gasteiger partial charge in [-0.25, -0.2) is 0 Å². The van der Waals surface area contributed by atoms with Crippen LogP contribution in [0.25, 0.3) is 0 Å². The molecule has 1 saturated carbocycles. The predicted octanol–water partition coefficient (Wildman–Crippen LogP) is 1.98. The van der Waals surface area contributed by atoms with Gasteiger partial charge in [0.15, 0.2) is 0 Å². The van der Waals surface area contributed by atoms with Gasteiger partial charge < -0.3 is 10.6 Å². The first-order chi connectivity index (χ1) is 8.99. The lowest BCUT2D eigenvalue weighted by Crippen LogP contribution is -2.38. The van der Waals surface area contributed by atoms with E-state index in [4.69, 9.17) is 0 Å². The zero-order valence-electron chi connectivity index (χ0n) is 11.0. The van der Waals surface area contributed by atoms with Crippen molar-refractivity contribution in [2.75, 3.05) is 5.32 Å². The Balaban J connectivity index is 2.12. The van der Waals surface area contributed by atoms with Gasteiger partial charge in [-0.05, 0) is 32.3 Å². The second-order valence-electron chi connectivity index (χ2n) is 4.88. The molecule has 2 rings (SSSR count). The van der Waals surface area contributed by atoms with E-state index in [2.05, 4.69) is 10.6 Å². The van der Waals surface area contributed by atoms with Crippen molar-refractivity contribution in [3.8, 4) is 0 Å². The molecule has 0 bridgehead atoms. The summed E-state index contributed by atoms with van der Waals surface area (Å²) in [6.07, 6.45) is 2.03. The number of nitrogens with one attached hydrogen (secondary N) is 2. The summed E-state index contributed by atoms with van der Waals surface area (Å²) in [7, 11) is 0. The van der Waals surface area contributed by atoms with Gasteiger partial charge in [-0.1, -0.05) is 12.1 Å². The van der Waals surface area contributed by atoms with Crippen LogP contribution in [-0.2, 0) is 4.79 Å². The van der Waals surface area contributed by atoms with E-state index in [1.165, 1.54) is 6.07 Å². The molecule has 1 aromatic carbocycles. The fourth-order valence-electron chi connectivity index (χ4n) is 1.83. The first-order valence-electron chi connectivity index (χ1n) is 6.30. The molecule has 1 unspecified atom stereocenters. The van der Waals surface area contributed by atoms with E-state index in [0.29, 0.717) is 5.69 Å². The maximum Gasteiger partial charge on any atom is 0.292 e. The van der Waals surface area contributed by atoms with Crippen LogP contribution >= 0.6 is 0 Å². The van der Waals surface area contributed by atoms with Gasteiger partial charge in [0.1, 0.15) is 11.7 Å². The number of hydrogen-bond acceptors (Lipinski definition) is 4. The van der Waals surface area contributed by atoms with Crippen molar-refractivity contribution in [2.24, 2.45) is 0 Å². The first kappa shape index (κ1) is 13.3. The molecule has 1 amide bonds. The van der Waals surface area contributed by atoms with E-state index < -0.39 is 11.0 Å². The highest BCUT2D eigenvalue weighted by molar-refractivity contribution is 5.86. The fraction of sp³-hybridized carbons (Fsp3) is 0.462. The van der Waals surface area contributed by atoms with Gasteiger partial charge in [0.05, 0.1) is 4.92 Å². The van der Waals surface area contributed by atoms with E-state index in [1.807, 2.05) is 0 Å². The number of rotatable bonds is 5. The van der Waals surface area contributed by atoms with Crippen LogP contribution in [0.15, 0.2) is 18.2 Å². The van der Waals surface area contributed by atoms with Crippen LogP contribution in [0.1, 0.15) is 25.3 Å². The number of nitro groups is 1. The number of para-hydroxylation sites is 1. The third-order valence-electron chi connectivity index (χ3n) is 3.13. The Bertz CT molecular complexity index is 512. The molecule has 1 atom stereocenters. The van der Waals surface area contributed by atoms with Crippen LogP contribution in [0, 0.1) is 17.0 Å². The minimum atomic E-state index is -0.500. The predicted molar refractivity (Wildman–Crippen MR) is 72.1 cm³/mol. The average Bonchev–Trinajstić information content (AvgIpc) is 3.15. The van der Waals surface area contributed by atoms with E-state index in [1.54, 1.807) is 26.0 Å². The zero-order valence-corrected chi connectivity index (χ0v) is 11.0. The van der Waals surface area contributed by atoms with Crippen molar-refractivity contribution >= 4 is 17.3 Å². The fourth-order valence-corrected chi connectivity index (χ4v) is 1.83. The topological polar surface area (TPSA) is 84.3 Å². The summed E-state index contributed by atoms with van der Waals surface area (Å²) in [5.74, 6) is -0.125. The number of nitro benzene ring substituents is 1. The molecule has 0 aliphatic heterocycles. The smallest absolute Gasteiger partial charge is 0.292 e. The number of aryl methyl sites for hydroxylation is 1. The Morgan fingerprint density at radius 2 is 2.16 bits per heavy atom. The lowest BCUT2D eigenvalue weighted by atomic mass is 10.1. The maximum atomic E-state index is 11.8. The van der Waals surface area contributed by atoms with Crippen molar-refractivity contribution < 1.29 is 9.72 Å². The maximum absolute atomic E-state index is 11.8. The quantitative estimate of drug-likeness (QED) is 0.628. The first-order valence-corrected chi connectivity index (χ1v) is 6.30. The molecule has 0 spiro atoms. The second kappa shape index (κ2) is 5.26. The standard InChI is InChI=1S/C13H17N3O3/c1-8-4-3-5-11(16(18)19)12(8)14-9(2)13(17)15-10-6-7-10/h3-5,9-10,14H,6-7H2,1-2H3,(H,15,17). The molecule has 0 radical (unpaired) electrons. The monoisotopic (exact) mass is 263 g/mol. The molecule has 1 fully saturated rings.